The van der Waals surface area contributed by atoms with Gasteiger partial charge in [-0.05, 0) is 12.0 Å². The number of azide groups is 1. The van der Waals surface area contributed by atoms with Crippen LogP contribution in [0.25, 0.3) is 10.4 Å². The number of rotatable bonds is 3. The Morgan fingerprint density at radius 1 is 1.83 bits per heavy atom. The van der Waals surface area contributed by atoms with Crippen molar-refractivity contribution in [2.75, 3.05) is 13.7 Å². The second-order valence-corrected chi connectivity index (χ2v) is 2.64. The van der Waals surface area contributed by atoms with Crippen molar-refractivity contribution in [1.82, 2.24) is 0 Å². The summed E-state index contributed by atoms with van der Waals surface area (Å²) in [5.74, 6) is 0. The van der Waals surface area contributed by atoms with E-state index in [0.29, 0.717) is 6.42 Å². The second kappa shape index (κ2) is 4.35. The molecular weight excluding hydrogens is 157 g/mol. The molecule has 1 aliphatic heterocycles. The maximum atomic E-state index is 8.08. The third kappa shape index (κ3) is 2.14. The molecule has 0 N–H and O–H groups in total. The van der Waals surface area contributed by atoms with Gasteiger partial charge in [0.2, 0.25) is 0 Å². The molecule has 1 fully saturated rings. The van der Waals surface area contributed by atoms with E-state index in [1.165, 1.54) is 0 Å². The predicted octanol–water partition coefficient (Wildman–Crippen LogP) is 0.595. The molecule has 0 unspecified atom stereocenters. The van der Waals surface area contributed by atoms with E-state index < -0.39 is 0 Å². The quantitative estimate of drug-likeness (QED) is 0.267. The average Bonchev–Trinajstić information content (AvgIpc) is 2.42. The van der Waals surface area contributed by atoms with Crippen molar-refractivity contribution >= 4 is 7.85 Å². The predicted molar refractivity (Wildman–Crippen MR) is 43.8 cm³/mol. The van der Waals surface area contributed by atoms with Crippen LogP contribution < -0.4 is 0 Å². The summed E-state index contributed by atoms with van der Waals surface area (Å²) in [7, 11) is 7.12. The van der Waals surface area contributed by atoms with E-state index in [-0.39, 0.29) is 24.8 Å². The molecule has 0 bridgehead atoms. The topological polar surface area (TPSA) is 67.2 Å². The Kier molecular flexibility index (Phi) is 3.40. The molecule has 0 aliphatic carbocycles. The first-order valence-electron chi connectivity index (χ1n) is 3.72. The first-order valence-corrected chi connectivity index (χ1v) is 3.72. The Bertz CT molecular complexity index is 195. The van der Waals surface area contributed by atoms with Gasteiger partial charge in [-0.2, -0.15) is 0 Å². The van der Waals surface area contributed by atoms with Crippen LogP contribution >= 0.6 is 0 Å². The fourth-order valence-corrected chi connectivity index (χ4v) is 1.27. The molecule has 12 heavy (non-hydrogen) atoms. The summed E-state index contributed by atoms with van der Waals surface area (Å²) in [6, 6.07) is -0.297. The van der Waals surface area contributed by atoms with E-state index in [2.05, 4.69) is 10.0 Å². The van der Waals surface area contributed by atoms with Gasteiger partial charge in [-0.1, -0.05) is 5.11 Å². The van der Waals surface area contributed by atoms with Crippen molar-refractivity contribution in [2.24, 2.45) is 5.11 Å². The zero-order valence-corrected chi connectivity index (χ0v) is 6.88. The highest BCUT2D eigenvalue weighted by Crippen LogP contribution is 2.20. The van der Waals surface area contributed by atoms with Gasteiger partial charge in [0.25, 0.3) is 0 Å². The monoisotopic (exact) mass is 167 g/mol. The van der Waals surface area contributed by atoms with Crippen molar-refractivity contribution in [3.05, 3.63) is 10.4 Å². The van der Waals surface area contributed by atoms with E-state index in [1.807, 2.05) is 0 Å². The van der Waals surface area contributed by atoms with Crippen LogP contribution in [-0.2, 0) is 9.47 Å². The van der Waals surface area contributed by atoms with Gasteiger partial charge < -0.3 is 9.47 Å². The summed E-state index contributed by atoms with van der Waals surface area (Å²) in [4.78, 5) is 2.64. The van der Waals surface area contributed by atoms with Crippen LogP contribution in [0.1, 0.15) is 6.42 Å². The van der Waals surface area contributed by atoms with Gasteiger partial charge in [-0.3, -0.25) is 0 Å². The molecule has 0 aromatic rings. The third-order valence-electron chi connectivity index (χ3n) is 1.86. The van der Waals surface area contributed by atoms with Gasteiger partial charge in [0, 0.05) is 18.0 Å². The lowest BCUT2D eigenvalue weighted by atomic mass is 9.96. The molecule has 1 heterocycles. The van der Waals surface area contributed by atoms with Crippen molar-refractivity contribution in [3.63, 3.8) is 0 Å². The fraction of sp³-hybridized carbons (Fsp3) is 1.00. The van der Waals surface area contributed by atoms with Crippen LogP contribution in [-0.4, -0.2) is 39.7 Å². The van der Waals surface area contributed by atoms with Crippen LogP contribution in [0.15, 0.2) is 5.11 Å². The second-order valence-electron chi connectivity index (χ2n) is 2.64. The van der Waals surface area contributed by atoms with E-state index in [4.69, 9.17) is 22.9 Å². The number of methoxy groups -OCH3 is 1. The Hall–Kier alpha value is -0.705. The minimum Gasteiger partial charge on any atom is -0.382 e. The highest BCUT2D eigenvalue weighted by molar-refractivity contribution is 6.11. The third-order valence-corrected chi connectivity index (χ3v) is 1.86. The summed E-state index contributed by atoms with van der Waals surface area (Å²) in [5.41, 5.74) is 8.08. The molecule has 6 heteroatoms. The summed E-state index contributed by atoms with van der Waals surface area (Å²) in [5, 5.41) is 3.41. The molecule has 2 radical (unpaired) electrons. The van der Waals surface area contributed by atoms with E-state index in [9.17, 15) is 0 Å². The largest absolute Gasteiger partial charge is 0.382 e. The van der Waals surface area contributed by atoms with Crippen LogP contribution in [0.4, 0.5) is 0 Å². The zero-order valence-electron chi connectivity index (χ0n) is 6.88. The van der Waals surface area contributed by atoms with Crippen molar-refractivity contribution < 1.29 is 9.47 Å². The van der Waals surface area contributed by atoms with Crippen LogP contribution in [0.5, 0.6) is 0 Å². The summed E-state index contributed by atoms with van der Waals surface area (Å²) in [6.07, 6.45) is 0.411. The molecule has 1 aliphatic rings. The van der Waals surface area contributed by atoms with Gasteiger partial charge >= 0.3 is 0 Å². The van der Waals surface area contributed by atoms with Crippen LogP contribution in [0, 0.1) is 0 Å². The minimum atomic E-state index is -0.297. The van der Waals surface area contributed by atoms with Crippen LogP contribution in [0.2, 0.25) is 0 Å². The Morgan fingerprint density at radius 2 is 2.58 bits per heavy atom. The van der Waals surface area contributed by atoms with Gasteiger partial charge in [-0.15, -0.1) is 0 Å². The molecule has 3 atom stereocenters. The van der Waals surface area contributed by atoms with E-state index in [1.54, 1.807) is 7.11 Å². The smallest absolute Gasteiger partial charge is 0.109 e. The van der Waals surface area contributed by atoms with Crippen molar-refractivity contribution in [3.8, 4) is 0 Å². The van der Waals surface area contributed by atoms with Crippen molar-refractivity contribution in [1.29, 1.82) is 0 Å². The van der Waals surface area contributed by atoms with Gasteiger partial charge in [-0.25, -0.2) is 0 Å². The molecule has 0 aromatic heterocycles. The standard InChI is InChI=1S/C6H10BN3O2/c1-11-4-2-6(7)12-5(4)3-9-10-8/h4-6H,2-3H2,1H3/t4-,5-,6-/m1/s1. The Morgan fingerprint density at radius 3 is 3.17 bits per heavy atom. The summed E-state index contributed by atoms with van der Waals surface area (Å²) >= 11 is 0. The van der Waals surface area contributed by atoms with Gasteiger partial charge in [0.1, 0.15) is 7.85 Å². The Labute approximate surface area is 72.1 Å². The molecule has 0 spiro atoms. The fourth-order valence-electron chi connectivity index (χ4n) is 1.27. The summed E-state index contributed by atoms with van der Waals surface area (Å²) in [6.45, 7) is 0.280. The number of hydrogen-bond acceptors (Lipinski definition) is 3. The highest BCUT2D eigenvalue weighted by Gasteiger charge is 2.31. The maximum absolute atomic E-state index is 8.08. The lowest BCUT2D eigenvalue weighted by Crippen LogP contribution is -2.25. The molecule has 0 saturated carbocycles. The molecule has 64 valence electrons. The Balaban J connectivity index is 2.45. The average molecular weight is 167 g/mol. The number of ether oxygens (including phenoxy) is 2. The minimum absolute atomic E-state index is 0.0505. The zero-order chi connectivity index (χ0) is 8.97. The first kappa shape index (κ1) is 9.38. The number of nitrogens with zero attached hydrogens (tertiary/aromatic N) is 3. The van der Waals surface area contributed by atoms with Crippen LogP contribution in [0.3, 0.4) is 0 Å². The molecule has 5 nitrogen and oxygen atoms in total. The van der Waals surface area contributed by atoms with Crippen molar-refractivity contribution in [2.45, 2.75) is 24.6 Å². The summed E-state index contributed by atoms with van der Waals surface area (Å²) < 4.78 is 10.4. The normalized spacial score (nSPS) is 34.6. The lowest BCUT2D eigenvalue weighted by molar-refractivity contribution is 0.0155. The van der Waals surface area contributed by atoms with E-state index >= 15 is 0 Å². The molecule has 0 aromatic carbocycles. The molecule has 0 amide bonds. The highest BCUT2D eigenvalue weighted by atomic mass is 16.6. The first-order chi connectivity index (χ1) is 5.77. The van der Waals surface area contributed by atoms with E-state index in [0.717, 1.165) is 0 Å². The van der Waals surface area contributed by atoms with Gasteiger partial charge in [0.05, 0.1) is 18.8 Å². The van der Waals surface area contributed by atoms with Gasteiger partial charge in [0.15, 0.2) is 0 Å². The lowest BCUT2D eigenvalue weighted by Gasteiger charge is -2.13. The molecular formula is C6H10BN3O2. The number of hydrogen-bond donors (Lipinski definition) is 0. The molecule has 1 saturated heterocycles. The SMILES string of the molecule is [B][C@H]1C[C@@H](OC)[C@@H](CN=[N+]=[N-])O1. The molecule has 1 rings (SSSR count). The maximum Gasteiger partial charge on any atom is 0.109 e.